The van der Waals surface area contributed by atoms with Crippen LogP contribution in [0.3, 0.4) is 0 Å². The molecule has 0 fully saturated rings. The van der Waals surface area contributed by atoms with Crippen molar-refractivity contribution < 1.29 is 4.79 Å². The maximum atomic E-state index is 10.2. The Morgan fingerprint density at radius 1 is 1.56 bits per heavy atom. The summed E-state index contributed by atoms with van der Waals surface area (Å²) in [5, 5.41) is 2.53. The van der Waals surface area contributed by atoms with Crippen LogP contribution in [0.2, 0.25) is 0 Å². The molecule has 1 amide bonds. The molecular formula is C6H12N2O. The van der Waals surface area contributed by atoms with Gasteiger partial charge in [-0.1, -0.05) is 13.8 Å². The molecule has 0 aromatic rings. The van der Waals surface area contributed by atoms with E-state index in [2.05, 4.69) is 10.3 Å². The Labute approximate surface area is 55.2 Å². The van der Waals surface area contributed by atoms with Crippen LogP contribution < -0.4 is 5.32 Å². The van der Waals surface area contributed by atoms with Gasteiger partial charge in [-0.3, -0.25) is 9.79 Å². The summed E-state index contributed by atoms with van der Waals surface area (Å²) in [6.45, 7) is 6.08. The molecule has 3 heteroatoms. The summed E-state index contributed by atoms with van der Waals surface area (Å²) < 4.78 is 0. The zero-order valence-corrected chi connectivity index (χ0v) is 6.06. The van der Waals surface area contributed by atoms with Crippen LogP contribution in [0.4, 0.5) is 0 Å². The van der Waals surface area contributed by atoms with Gasteiger partial charge in [0.25, 0.3) is 0 Å². The number of carbonyl (C=O) groups excluding carboxylic acids is 1. The third kappa shape index (κ3) is 2.85. The minimum Gasteiger partial charge on any atom is -0.313 e. The molecule has 1 N–H and O–H groups in total. The molecule has 9 heavy (non-hydrogen) atoms. The van der Waals surface area contributed by atoms with Gasteiger partial charge in [0.15, 0.2) is 0 Å². The Kier molecular flexibility index (Phi) is 3.67. The zero-order chi connectivity index (χ0) is 7.28. The minimum absolute atomic E-state index is 0.00231. The zero-order valence-electron chi connectivity index (χ0n) is 6.06. The lowest BCUT2D eigenvalue weighted by molar-refractivity contribution is -0.117. The molecule has 1 aliphatic heterocycles. The highest BCUT2D eigenvalue weighted by atomic mass is 16.2. The number of hydrogen-bond donors (Lipinski definition) is 1. The number of carbonyl (C=O) groups is 1. The van der Waals surface area contributed by atoms with E-state index in [1.54, 1.807) is 6.92 Å². The molecule has 0 aromatic carbocycles. The van der Waals surface area contributed by atoms with Gasteiger partial charge in [-0.25, -0.2) is 0 Å². The van der Waals surface area contributed by atoms with Gasteiger partial charge < -0.3 is 5.32 Å². The van der Waals surface area contributed by atoms with E-state index in [0.717, 1.165) is 5.84 Å². The molecule has 0 atom stereocenters. The van der Waals surface area contributed by atoms with Gasteiger partial charge in [0.05, 0.1) is 0 Å². The Hall–Kier alpha value is -0.860. The van der Waals surface area contributed by atoms with Crippen LogP contribution in [0, 0.1) is 0 Å². The van der Waals surface area contributed by atoms with Crippen molar-refractivity contribution in [2.24, 2.45) is 4.99 Å². The minimum atomic E-state index is -0.00231. The monoisotopic (exact) mass is 128 g/mol. The highest BCUT2D eigenvalue weighted by Gasteiger charge is 2.06. The Bertz CT molecular complexity index is 129. The SMILES string of the molecule is CC.CC1=NCC(=O)N1. The molecule has 0 aromatic heterocycles. The van der Waals surface area contributed by atoms with Gasteiger partial charge in [0, 0.05) is 0 Å². The number of nitrogens with one attached hydrogen (secondary N) is 1. The van der Waals surface area contributed by atoms with Gasteiger partial charge in [-0.05, 0) is 6.92 Å². The summed E-state index contributed by atoms with van der Waals surface area (Å²) in [6.07, 6.45) is 0. The van der Waals surface area contributed by atoms with Gasteiger partial charge in [-0.15, -0.1) is 0 Å². The smallest absolute Gasteiger partial charge is 0.246 e. The number of amidine groups is 1. The molecule has 0 saturated heterocycles. The van der Waals surface area contributed by atoms with Gasteiger partial charge in [-0.2, -0.15) is 0 Å². The summed E-state index contributed by atoms with van der Waals surface area (Å²) >= 11 is 0. The second kappa shape index (κ2) is 4.06. The molecule has 0 bridgehead atoms. The molecule has 0 aliphatic carbocycles. The van der Waals surface area contributed by atoms with Crippen molar-refractivity contribution in [2.45, 2.75) is 20.8 Å². The van der Waals surface area contributed by atoms with E-state index in [1.165, 1.54) is 0 Å². The van der Waals surface area contributed by atoms with E-state index in [-0.39, 0.29) is 5.91 Å². The van der Waals surface area contributed by atoms with E-state index in [4.69, 9.17) is 0 Å². The first kappa shape index (κ1) is 8.14. The molecule has 0 saturated carbocycles. The summed E-state index contributed by atoms with van der Waals surface area (Å²) in [5.74, 6) is 0.725. The first-order chi connectivity index (χ1) is 4.29. The van der Waals surface area contributed by atoms with Gasteiger partial charge >= 0.3 is 0 Å². The molecule has 3 nitrogen and oxygen atoms in total. The molecular weight excluding hydrogens is 116 g/mol. The molecule has 1 heterocycles. The maximum absolute atomic E-state index is 10.2. The van der Waals surface area contributed by atoms with Gasteiger partial charge in [0.2, 0.25) is 5.91 Å². The first-order valence-corrected chi connectivity index (χ1v) is 3.10. The fraction of sp³-hybridized carbons (Fsp3) is 0.667. The van der Waals surface area contributed by atoms with Crippen molar-refractivity contribution in [3.8, 4) is 0 Å². The third-order valence-corrected chi connectivity index (χ3v) is 0.780. The van der Waals surface area contributed by atoms with E-state index in [9.17, 15) is 4.79 Å². The van der Waals surface area contributed by atoms with Crippen LogP contribution >= 0.6 is 0 Å². The molecule has 0 spiro atoms. The third-order valence-electron chi connectivity index (χ3n) is 0.780. The standard InChI is InChI=1S/C4H6N2O.C2H6/c1-3-5-2-4(7)6-3;1-2/h2H2,1H3,(H,5,6,7);1-2H3. The summed E-state index contributed by atoms with van der Waals surface area (Å²) in [4.78, 5) is 14.0. The molecule has 1 rings (SSSR count). The van der Waals surface area contributed by atoms with Crippen molar-refractivity contribution in [1.82, 2.24) is 5.32 Å². The number of aliphatic imine (C=N–C) groups is 1. The first-order valence-electron chi connectivity index (χ1n) is 3.10. The highest BCUT2D eigenvalue weighted by molar-refractivity contribution is 6.02. The van der Waals surface area contributed by atoms with Crippen LogP contribution in [0.25, 0.3) is 0 Å². The lowest BCUT2D eigenvalue weighted by Gasteiger charge is -1.84. The van der Waals surface area contributed by atoms with E-state index in [0.29, 0.717) is 6.54 Å². The number of amides is 1. The lowest BCUT2D eigenvalue weighted by atomic mass is 10.6. The Morgan fingerprint density at radius 3 is 2.22 bits per heavy atom. The van der Waals surface area contributed by atoms with Crippen molar-refractivity contribution in [3.63, 3.8) is 0 Å². The number of nitrogens with zero attached hydrogens (tertiary/aromatic N) is 1. The van der Waals surface area contributed by atoms with Gasteiger partial charge in [0.1, 0.15) is 12.4 Å². The summed E-state index contributed by atoms with van der Waals surface area (Å²) in [5.41, 5.74) is 0. The normalized spacial score (nSPS) is 15.4. The van der Waals surface area contributed by atoms with E-state index < -0.39 is 0 Å². The van der Waals surface area contributed by atoms with E-state index >= 15 is 0 Å². The van der Waals surface area contributed by atoms with Crippen molar-refractivity contribution in [2.75, 3.05) is 6.54 Å². The molecule has 0 radical (unpaired) electrons. The average Bonchev–Trinajstić information content (AvgIpc) is 2.20. The van der Waals surface area contributed by atoms with Crippen molar-refractivity contribution in [3.05, 3.63) is 0 Å². The molecule has 52 valence electrons. The van der Waals surface area contributed by atoms with Crippen LogP contribution in [-0.4, -0.2) is 18.3 Å². The second-order valence-corrected chi connectivity index (χ2v) is 1.45. The van der Waals surface area contributed by atoms with Crippen LogP contribution in [0.5, 0.6) is 0 Å². The average molecular weight is 128 g/mol. The fourth-order valence-corrected chi connectivity index (χ4v) is 0.471. The molecule has 0 unspecified atom stereocenters. The lowest BCUT2D eigenvalue weighted by Crippen LogP contribution is -2.21. The van der Waals surface area contributed by atoms with Crippen LogP contribution in [0.1, 0.15) is 20.8 Å². The predicted octanol–water partition coefficient (Wildman–Crippen LogP) is 0.561. The highest BCUT2D eigenvalue weighted by Crippen LogP contribution is 1.82. The topological polar surface area (TPSA) is 41.5 Å². The van der Waals surface area contributed by atoms with Crippen molar-refractivity contribution >= 4 is 11.7 Å². The second-order valence-electron chi connectivity index (χ2n) is 1.45. The summed E-state index contributed by atoms with van der Waals surface area (Å²) in [6, 6.07) is 0. The largest absolute Gasteiger partial charge is 0.313 e. The predicted molar refractivity (Wildman–Crippen MR) is 37.5 cm³/mol. The molecule has 1 aliphatic rings. The number of rotatable bonds is 0. The maximum Gasteiger partial charge on any atom is 0.246 e. The van der Waals surface area contributed by atoms with Crippen LogP contribution in [0.15, 0.2) is 4.99 Å². The number of hydrogen-bond acceptors (Lipinski definition) is 2. The summed E-state index contributed by atoms with van der Waals surface area (Å²) in [7, 11) is 0. The Morgan fingerprint density at radius 2 is 2.11 bits per heavy atom. The Balaban J connectivity index is 0.000000291. The van der Waals surface area contributed by atoms with Crippen LogP contribution in [-0.2, 0) is 4.79 Å². The fourth-order valence-electron chi connectivity index (χ4n) is 0.471. The van der Waals surface area contributed by atoms with E-state index in [1.807, 2.05) is 13.8 Å². The van der Waals surface area contributed by atoms with Crippen molar-refractivity contribution in [1.29, 1.82) is 0 Å². The quantitative estimate of drug-likeness (QED) is 0.509.